The van der Waals surface area contributed by atoms with Crippen LogP contribution in [0.3, 0.4) is 0 Å². The van der Waals surface area contributed by atoms with Gasteiger partial charge < -0.3 is 14.8 Å². The van der Waals surface area contributed by atoms with Crippen molar-refractivity contribution < 1.29 is 18.7 Å². The first-order valence-electron chi connectivity index (χ1n) is 9.66. The third-order valence-corrected chi connectivity index (χ3v) is 5.06. The summed E-state index contributed by atoms with van der Waals surface area (Å²) in [5.74, 6) is 0.933. The highest BCUT2D eigenvalue weighted by atomic mass is 19.1. The minimum atomic E-state index is -0.296. The Labute approximate surface area is 169 Å². The van der Waals surface area contributed by atoms with Crippen molar-refractivity contribution in [3.8, 4) is 11.5 Å². The van der Waals surface area contributed by atoms with Crippen LogP contribution in [0.1, 0.15) is 40.9 Å². The number of rotatable bonds is 7. The molecule has 4 nitrogen and oxygen atoms in total. The summed E-state index contributed by atoms with van der Waals surface area (Å²) in [6.07, 6.45) is 1.20. The first-order valence-corrected chi connectivity index (χ1v) is 9.66. The Morgan fingerprint density at radius 1 is 1.00 bits per heavy atom. The third kappa shape index (κ3) is 4.40. The van der Waals surface area contributed by atoms with Gasteiger partial charge >= 0.3 is 0 Å². The second-order valence-electron chi connectivity index (χ2n) is 6.99. The van der Waals surface area contributed by atoms with Gasteiger partial charge in [-0.25, -0.2) is 4.39 Å². The summed E-state index contributed by atoms with van der Waals surface area (Å²) < 4.78 is 24.0. The number of benzene rings is 3. The number of fused-ring (bicyclic) bond motifs is 1. The van der Waals surface area contributed by atoms with E-state index in [1.165, 1.54) is 17.7 Å². The van der Waals surface area contributed by atoms with E-state index in [-0.39, 0.29) is 30.9 Å². The van der Waals surface area contributed by atoms with Crippen molar-refractivity contribution in [2.75, 3.05) is 12.1 Å². The van der Waals surface area contributed by atoms with Crippen molar-refractivity contribution in [2.24, 2.45) is 0 Å². The fourth-order valence-corrected chi connectivity index (χ4v) is 3.36. The van der Waals surface area contributed by atoms with Gasteiger partial charge in [0.1, 0.15) is 5.82 Å². The van der Waals surface area contributed by atoms with E-state index in [0.717, 1.165) is 17.7 Å². The van der Waals surface area contributed by atoms with Gasteiger partial charge in [0, 0.05) is 17.7 Å². The molecule has 0 saturated heterocycles. The summed E-state index contributed by atoms with van der Waals surface area (Å²) in [6.45, 7) is 2.28. The second-order valence-corrected chi connectivity index (χ2v) is 6.99. The Balaban J connectivity index is 1.58. The fraction of sp³-hybridized carbons (Fsp3) is 0.208. The molecule has 3 aromatic carbocycles. The summed E-state index contributed by atoms with van der Waals surface area (Å²) in [5.41, 5.74) is 3.57. The van der Waals surface area contributed by atoms with Crippen LogP contribution in [0.25, 0.3) is 0 Å². The van der Waals surface area contributed by atoms with Gasteiger partial charge in [0.25, 0.3) is 0 Å². The molecule has 0 aromatic heterocycles. The number of halogens is 1. The van der Waals surface area contributed by atoms with Crippen LogP contribution >= 0.6 is 0 Å². The van der Waals surface area contributed by atoms with Gasteiger partial charge in [-0.2, -0.15) is 0 Å². The lowest BCUT2D eigenvalue weighted by Crippen LogP contribution is -2.16. The number of carbonyl (C=O) groups is 1. The van der Waals surface area contributed by atoms with Crippen LogP contribution in [0.4, 0.5) is 10.1 Å². The lowest BCUT2D eigenvalue weighted by molar-refractivity contribution is 0.0976. The van der Waals surface area contributed by atoms with Gasteiger partial charge in [0.15, 0.2) is 17.3 Å². The van der Waals surface area contributed by atoms with Crippen molar-refractivity contribution >= 4 is 11.5 Å². The second kappa shape index (κ2) is 8.35. The van der Waals surface area contributed by atoms with Crippen molar-refractivity contribution in [3.63, 3.8) is 0 Å². The zero-order chi connectivity index (χ0) is 20.2. The number of nitrogens with one attached hydrogen (secondary N) is 1. The lowest BCUT2D eigenvalue weighted by atomic mass is 9.96. The smallest absolute Gasteiger partial charge is 0.231 e. The number of ketones is 1. The molecule has 5 heteroatoms. The predicted octanol–water partition coefficient (Wildman–Crippen LogP) is 5.54. The maximum Gasteiger partial charge on any atom is 0.231 e. The quantitative estimate of drug-likeness (QED) is 0.537. The number of ether oxygens (including phenoxy) is 2. The molecule has 4 rings (SSSR count). The van der Waals surface area contributed by atoms with E-state index in [9.17, 15) is 9.18 Å². The molecule has 1 heterocycles. The van der Waals surface area contributed by atoms with Crippen LogP contribution in [0.2, 0.25) is 0 Å². The minimum absolute atomic E-state index is 0.0116. The van der Waals surface area contributed by atoms with Crippen LogP contribution in [0.15, 0.2) is 66.7 Å². The molecule has 0 fully saturated rings. The lowest BCUT2D eigenvalue weighted by Gasteiger charge is -2.20. The van der Waals surface area contributed by atoms with E-state index >= 15 is 0 Å². The molecule has 0 saturated carbocycles. The highest BCUT2D eigenvalue weighted by Gasteiger charge is 2.20. The Kier molecular flexibility index (Phi) is 5.47. The summed E-state index contributed by atoms with van der Waals surface area (Å²) in [4.78, 5) is 13.0. The standard InChI is InChI=1S/C24H22FNO3/c1-2-16-3-5-17(6-4-16)21(26-20-10-8-19(25)9-11-20)14-22(27)18-7-12-23-24(13-18)29-15-28-23/h3-13,21,26H,2,14-15H2,1H3. The zero-order valence-electron chi connectivity index (χ0n) is 16.2. The molecule has 1 aliphatic heterocycles. The monoisotopic (exact) mass is 391 g/mol. The normalized spacial score (nSPS) is 13.2. The fourth-order valence-electron chi connectivity index (χ4n) is 3.36. The van der Waals surface area contributed by atoms with Crippen molar-refractivity contribution in [3.05, 3.63) is 89.2 Å². The molecule has 1 atom stereocenters. The number of aryl methyl sites for hydroxylation is 1. The van der Waals surface area contributed by atoms with E-state index in [0.29, 0.717) is 17.1 Å². The summed E-state index contributed by atoms with van der Waals surface area (Å²) in [7, 11) is 0. The molecule has 1 N–H and O–H groups in total. The SMILES string of the molecule is CCc1ccc(C(CC(=O)c2ccc3c(c2)OCO3)Nc2ccc(F)cc2)cc1. The number of hydrogen-bond acceptors (Lipinski definition) is 4. The molecule has 0 spiro atoms. The maximum atomic E-state index is 13.3. The highest BCUT2D eigenvalue weighted by Crippen LogP contribution is 2.33. The molecule has 1 aliphatic rings. The van der Waals surface area contributed by atoms with Gasteiger partial charge in [0.2, 0.25) is 6.79 Å². The highest BCUT2D eigenvalue weighted by molar-refractivity contribution is 5.97. The molecule has 0 amide bonds. The van der Waals surface area contributed by atoms with Gasteiger partial charge in [0.05, 0.1) is 6.04 Å². The Bertz CT molecular complexity index is 1000. The average molecular weight is 391 g/mol. The molecule has 3 aromatic rings. The van der Waals surface area contributed by atoms with E-state index < -0.39 is 0 Å². The Hall–Kier alpha value is -3.34. The van der Waals surface area contributed by atoms with Crippen molar-refractivity contribution in [1.82, 2.24) is 0 Å². The van der Waals surface area contributed by atoms with Crippen molar-refractivity contribution in [1.29, 1.82) is 0 Å². The molecule has 0 bridgehead atoms. The molecule has 0 radical (unpaired) electrons. The van der Waals surface area contributed by atoms with Crippen LogP contribution in [-0.4, -0.2) is 12.6 Å². The number of hydrogen-bond donors (Lipinski definition) is 1. The van der Waals surface area contributed by atoms with E-state index in [4.69, 9.17) is 9.47 Å². The Morgan fingerprint density at radius 3 is 2.45 bits per heavy atom. The first-order chi connectivity index (χ1) is 14.1. The average Bonchev–Trinajstić information content (AvgIpc) is 3.23. The zero-order valence-corrected chi connectivity index (χ0v) is 16.2. The molecule has 0 aliphatic carbocycles. The molecular weight excluding hydrogens is 369 g/mol. The van der Waals surface area contributed by atoms with Crippen molar-refractivity contribution in [2.45, 2.75) is 25.8 Å². The number of carbonyl (C=O) groups excluding carboxylic acids is 1. The largest absolute Gasteiger partial charge is 0.454 e. The first kappa shape index (κ1) is 19.0. The van der Waals surface area contributed by atoms with Crippen LogP contribution in [-0.2, 0) is 6.42 Å². The molecule has 1 unspecified atom stereocenters. The molecule has 29 heavy (non-hydrogen) atoms. The van der Waals surface area contributed by atoms with Crippen LogP contribution in [0.5, 0.6) is 11.5 Å². The van der Waals surface area contributed by atoms with Crippen LogP contribution in [0, 0.1) is 5.82 Å². The van der Waals surface area contributed by atoms with E-state index in [1.54, 1.807) is 30.3 Å². The van der Waals surface area contributed by atoms with Gasteiger partial charge in [-0.3, -0.25) is 4.79 Å². The van der Waals surface area contributed by atoms with Gasteiger partial charge in [-0.1, -0.05) is 31.2 Å². The summed E-state index contributed by atoms with van der Waals surface area (Å²) >= 11 is 0. The van der Waals surface area contributed by atoms with E-state index in [2.05, 4.69) is 24.4 Å². The summed E-state index contributed by atoms with van der Waals surface area (Å²) in [5, 5.41) is 3.37. The summed E-state index contributed by atoms with van der Waals surface area (Å²) in [6, 6.07) is 19.3. The predicted molar refractivity (Wildman–Crippen MR) is 110 cm³/mol. The number of anilines is 1. The van der Waals surface area contributed by atoms with E-state index in [1.807, 2.05) is 12.1 Å². The minimum Gasteiger partial charge on any atom is -0.454 e. The molecular formula is C24H22FNO3. The molecule has 148 valence electrons. The maximum absolute atomic E-state index is 13.3. The van der Waals surface area contributed by atoms with Gasteiger partial charge in [-0.05, 0) is 60.0 Å². The third-order valence-electron chi connectivity index (χ3n) is 5.06. The topological polar surface area (TPSA) is 47.6 Å². The number of Topliss-reactive ketones (excluding diaryl/α,β-unsaturated/α-hetero) is 1. The van der Waals surface area contributed by atoms with Gasteiger partial charge in [-0.15, -0.1) is 0 Å². The Morgan fingerprint density at radius 2 is 1.72 bits per heavy atom. The van der Waals surface area contributed by atoms with Crippen LogP contribution < -0.4 is 14.8 Å².